The molecule has 0 aromatic heterocycles. The van der Waals surface area contributed by atoms with Gasteiger partial charge in [-0.2, -0.15) is 13.2 Å². The van der Waals surface area contributed by atoms with Crippen molar-refractivity contribution in [3.63, 3.8) is 0 Å². The van der Waals surface area contributed by atoms with E-state index in [1.54, 1.807) is 17.0 Å². The van der Waals surface area contributed by atoms with Crippen molar-refractivity contribution in [1.82, 2.24) is 9.80 Å². The summed E-state index contributed by atoms with van der Waals surface area (Å²) in [7, 11) is 0. The number of alkyl halides is 3. The maximum atomic E-state index is 13.2. The Morgan fingerprint density at radius 2 is 1.76 bits per heavy atom. The number of nitrogens with zero attached hydrogens (tertiary/aromatic N) is 3. The molecule has 1 aromatic carbocycles. The summed E-state index contributed by atoms with van der Waals surface area (Å²) in [6, 6.07) is 5.98. The number of piperazine rings is 1. The summed E-state index contributed by atoms with van der Waals surface area (Å²) in [5.74, 6) is 0. The van der Waals surface area contributed by atoms with Gasteiger partial charge in [-0.3, -0.25) is 4.90 Å². The largest absolute Gasteiger partial charge is 0.444 e. The minimum absolute atomic E-state index is 0.0872. The molecule has 0 saturated carbocycles. The molecule has 3 atom stereocenters. The van der Waals surface area contributed by atoms with E-state index in [-0.39, 0.29) is 23.7 Å². The highest BCUT2D eigenvalue weighted by atomic mass is 19.4. The van der Waals surface area contributed by atoms with Gasteiger partial charge in [-0.05, 0) is 52.3 Å². The van der Waals surface area contributed by atoms with Crippen LogP contribution in [-0.2, 0) is 15.1 Å². The van der Waals surface area contributed by atoms with Crippen LogP contribution in [0, 0.1) is 0 Å². The second kappa shape index (κ2) is 9.91. The summed E-state index contributed by atoms with van der Waals surface area (Å²) in [5, 5.41) is 9.99. The van der Waals surface area contributed by atoms with Crippen molar-refractivity contribution in [3.8, 4) is 0 Å². The monoisotopic (exact) mass is 487 g/mol. The lowest BCUT2D eigenvalue weighted by molar-refractivity contribution is -0.258. The fourth-order valence-corrected chi connectivity index (χ4v) is 4.29. The third-order valence-electron chi connectivity index (χ3n) is 6.40. The highest BCUT2D eigenvalue weighted by molar-refractivity contribution is 5.69. The van der Waals surface area contributed by atoms with Crippen LogP contribution in [0.1, 0.15) is 40.2 Å². The Hall–Kier alpha value is -2.04. The van der Waals surface area contributed by atoms with Crippen LogP contribution >= 0.6 is 0 Å². The number of halogens is 3. The van der Waals surface area contributed by atoms with Gasteiger partial charge in [0.2, 0.25) is 0 Å². The number of carbonyl (C=O) groups is 1. The molecule has 192 valence electrons. The summed E-state index contributed by atoms with van der Waals surface area (Å²) in [6.07, 6.45) is -5.15. The van der Waals surface area contributed by atoms with Crippen LogP contribution in [0.15, 0.2) is 24.3 Å². The fourth-order valence-electron chi connectivity index (χ4n) is 4.29. The molecule has 2 aliphatic heterocycles. The molecular weight excluding hydrogens is 451 g/mol. The molecule has 0 radical (unpaired) electrons. The summed E-state index contributed by atoms with van der Waals surface area (Å²) in [6.45, 7) is 12.4. The number of carbonyl (C=O) groups excluding carboxylic acids is 1. The molecule has 3 rings (SSSR count). The van der Waals surface area contributed by atoms with E-state index in [0.29, 0.717) is 39.4 Å². The van der Waals surface area contributed by atoms with Crippen LogP contribution in [-0.4, -0.2) is 90.8 Å². The van der Waals surface area contributed by atoms with E-state index in [0.717, 1.165) is 19.2 Å². The van der Waals surface area contributed by atoms with Gasteiger partial charge in [0.1, 0.15) is 5.60 Å². The molecule has 2 fully saturated rings. The van der Waals surface area contributed by atoms with Gasteiger partial charge < -0.3 is 24.4 Å². The lowest BCUT2D eigenvalue weighted by atomic mass is 9.95. The van der Waals surface area contributed by atoms with Gasteiger partial charge in [0, 0.05) is 44.5 Å². The third-order valence-corrected chi connectivity index (χ3v) is 6.40. The van der Waals surface area contributed by atoms with Crippen LogP contribution in [0.2, 0.25) is 0 Å². The summed E-state index contributed by atoms with van der Waals surface area (Å²) in [4.78, 5) is 18.8. The summed E-state index contributed by atoms with van der Waals surface area (Å²) < 4.78 is 50.8. The smallest absolute Gasteiger partial charge is 0.421 e. The van der Waals surface area contributed by atoms with Crippen LogP contribution in [0.5, 0.6) is 0 Å². The van der Waals surface area contributed by atoms with E-state index in [2.05, 4.69) is 16.7 Å². The van der Waals surface area contributed by atoms with E-state index < -0.39 is 17.4 Å². The zero-order chi connectivity index (χ0) is 25.3. The Kier molecular flexibility index (Phi) is 7.74. The molecule has 0 aliphatic carbocycles. The number of rotatable bonds is 4. The zero-order valence-electron chi connectivity index (χ0n) is 20.6. The van der Waals surface area contributed by atoms with E-state index in [9.17, 15) is 23.1 Å². The van der Waals surface area contributed by atoms with Crippen molar-refractivity contribution in [2.24, 2.45) is 0 Å². The van der Waals surface area contributed by atoms with Gasteiger partial charge in [0.25, 0.3) is 0 Å². The lowest BCUT2D eigenvalue weighted by Crippen LogP contribution is -2.60. The first-order chi connectivity index (χ1) is 15.7. The van der Waals surface area contributed by atoms with Crippen molar-refractivity contribution < 1.29 is 32.5 Å². The molecule has 2 aliphatic rings. The first-order valence-corrected chi connectivity index (χ1v) is 11.6. The van der Waals surface area contributed by atoms with E-state index in [1.165, 1.54) is 12.1 Å². The number of benzene rings is 1. The normalized spacial score (nSPS) is 24.6. The first-order valence-electron chi connectivity index (χ1n) is 11.6. The number of aliphatic hydroxyl groups is 1. The van der Waals surface area contributed by atoms with E-state index in [4.69, 9.17) is 9.47 Å². The molecule has 2 heterocycles. The molecule has 2 saturated heterocycles. The molecule has 34 heavy (non-hydrogen) atoms. The molecule has 1 unspecified atom stereocenters. The van der Waals surface area contributed by atoms with Crippen molar-refractivity contribution >= 4 is 11.8 Å². The molecule has 10 heteroatoms. The van der Waals surface area contributed by atoms with Gasteiger partial charge in [-0.1, -0.05) is 12.1 Å². The third kappa shape index (κ3) is 6.14. The molecule has 1 aromatic rings. The van der Waals surface area contributed by atoms with Gasteiger partial charge in [-0.15, -0.1) is 0 Å². The Morgan fingerprint density at radius 1 is 1.12 bits per heavy atom. The maximum Gasteiger partial charge on any atom is 0.421 e. The minimum Gasteiger partial charge on any atom is -0.444 e. The predicted molar refractivity (Wildman–Crippen MR) is 123 cm³/mol. The number of morpholine rings is 1. The van der Waals surface area contributed by atoms with Crippen LogP contribution in [0.25, 0.3) is 0 Å². The van der Waals surface area contributed by atoms with Gasteiger partial charge in [-0.25, -0.2) is 4.79 Å². The van der Waals surface area contributed by atoms with Crippen molar-refractivity contribution in [2.75, 3.05) is 50.8 Å². The first kappa shape index (κ1) is 26.6. The van der Waals surface area contributed by atoms with Crippen molar-refractivity contribution in [1.29, 1.82) is 0 Å². The van der Waals surface area contributed by atoms with E-state index in [1.807, 2.05) is 20.8 Å². The topological polar surface area (TPSA) is 65.5 Å². The number of ether oxygens (including phenoxy) is 2. The van der Waals surface area contributed by atoms with Gasteiger partial charge in [0.15, 0.2) is 5.60 Å². The fraction of sp³-hybridized carbons (Fsp3) is 0.708. The number of hydrogen-bond acceptors (Lipinski definition) is 6. The van der Waals surface area contributed by atoms with Crippen LogP contribution < -0.4 is 4.90 Å². The predicted octanol–water partition coefficient (Wildman–Crippen LogP) is 3.60. The number of amides is 1. The number of hydrogen-bond donors (Lipinski definition) is 1. The molecule has 7 nitrogen and oxygen atoms in total. The molecule has 0 bridgehead atoms. The Labute approximate surface area is 199 Å². The summed E-state index contributed by atoms with van der Waals surface area (Å²) >= 11 is 0. The quantitative estimate of drug-likeness (QED) is 0.700. The van der Waals surface area contributed by atoms with Crippen molar-refractivity contribution in [2.45, 2.75) is 64.1 Å². The van der Waals surface area contributed by atoms with Gasteiger partial charge >= 0.3 is 12.3 Å². The second-order valence-corrected chi connectivity index (χ2v) is 10.3. The Bertz CT molecular complexity index is 839. The van der Waals surface area contributed by atoms with E-state index >= 15 is 0 Å². The van der Waals surface area contributed by atoms with Crippen LogP contribution in [0.3, 0.4) is 0 Å². The minimum atomic E-state index is -4.78. The highest BCUT2D eigenvalue weighted by Gasteiger charge is 2.51. The number of anilines is 1. The lowest BCUT2D eigenvalue weighted by Gasteiger charge is -2.46. The molecular formula is C24H36F3N3O4. The molecule has 0 spiro atoms. The molecule has 1 amide bonds. The molecule has 1 N–H and O–H groups in total. The van der Waals surface area contributed by atoms with Gasteiger partial charge in [0.05, 0.1) is 19.3 Å². The van der Waals surface area contributed by atoms with Crippen LogP contribution in [0.4, 0.5) is 23.7 Å². The Morgan fingerprint density at radius 3 is 2.32 bits per heavy atom. The summed E-state index contributed by atoms with van der Waals surface area (Å²) in [5.41, 5.74) is -3.00. The second-order valence-electron chi connectivity index (χ2n) is 10.3. The SMILES string of the molecule is C[C@H]1COCCN1C[C@H]1CN(C(=O)OC(C)(C)C)CCN1c1ccc(C(C)(O)C(F)(F)F)cc1. The highest BCUT2D eigenvalue weighted by Crippen LogP contribution is 2.39. The van der Waals surface area contributed by atoms with Crippen molar-refractivity contribution in [3.05, 3.63) is 29.8 Å². The average molecular weight is 488 g/mol. The average Bonchev–Trinajstić information content (AvgIpc) is 2.73. The Balaban J connectivity index is 1.82. The maximum absolute atomic E-state index is 13.2. The zero-order valence-corrected chi connectivity index (χ0v) is 20.6. The standard InChI is InChI=1S/C24H36F3N3O4/c1-17-16-33-13-12-28(17)14-20-15-29(21(31)34-22(2,3)4)10-11-30(20)19-8-6-18(7-9-19)23(5,32)24(25,26)27/h6-9,17,20,32H,10-16H2,1-5H3/t17-,20-,23?/m0/s1.